The van der Waals surface area contributed by atoms with Crippen LogP contribution in [0, 0.1) is 5.92 Å². The van der Waals surface area contributed by atoms with Crippen LogP contribution >= 0.6 is 0 Å². The zero-order chi connectivity index (χ0) is 15.2. The third-order valence-corrected chi connectivity index (χ3v) is 4.85. The fourth-order valence-corrected chi connectivity index (χ4v) is 3.55. The number of amides is 2. The highest BCUT2D eigenvalue weighted by atomic mass is 16.3. The van der Waals surface area contributed by atoms with E-state index in [0.717, 1.165) is 19.3 Å². The number of aliphatic hydroxyl groups excluding tert-OH is 1. The minimum absolute atomic E-state index is 0.0739. The Hall–Kier alpha value is -1.10. The summed E-state index contributed by atoms with van der Waals surface area (Å²) in [6.45, 7) is 2.91. The lowest BCUT2D eigenvalue weighted by Gasteiger charge is -2.29. The first-order chi connectivity index (χ1) is 10.1. The van der Waals surface area contributed by atoms with Crippen LogP contribution in [-0.2, 0) is 9.59 Å². The molecule has 2 N–H and O–H groups in total. The molecule has 0 aromatic heterocycles. The number of carbonyl (C=O) groups is 2. The molecular formula is C16H28N2O3. The highest BCUT2D eigenvalue weighted by Crippen LogP contribution is 2.26. The standard InChI is InChI=1S/C16H28N2O3/c1-2-13(18-10-6-9-15(18)20)16(21)17-11-14(19)12-7-4-3-5-8-12/h12-14,19H,2-11H2,1H3,(H,17,21). The van der Waals surface area contributed by atoms with Crippen LogP contribution in [0.15, 0.2) is 0 Å². The van der Waals surface area contributed by atoms with Gasteiger partial charge in [0.05, 0.1) is 6.10 Å². The molecule has 1 saturated heterocycles. The quantitative estimate of drug-likeness (QED) is 0.779. The van der Waals surface area contributed by atoms with Gasteiger partial charge >= 0.3 is 0 Å². The van der Waals surface area contributed by atoms with Crippen LogP contribution in [0.2, 0.25) is 0 Å². The summed E-state index contributed by atoms with van der Waals surface area (Å²) in [4.78, 5) is 25.7. The predicted octanol–water partition coefficient (Wildman–Crippen LogP) is 1.44. The Morgan fingerprint density at radius 1 is 1.33 bits per heavy atom. The molecular weight excluding hydrogens is 268 g/mol. The van der Waals surface area contributed by atoms with Gasteiger partial charge < -0.3 is 15.3 Å². The molecule has 1 aliphatic carbocycles. The molecule has 2 fully saturated rings. The van der Waals surface area contributed by atoms with E-state index in [2.05, 4.69) is 5.32 Å². The predicted molar refractivity (Wildman–Crippen MR) is 80.6 cm³/mol. The fraction of sp³-hybridized carbons (Fsp3) is 0.875. The average molecular weight is 296 g/mol. The summed E-state index contributed by atoms with van der Waals surface area (Å²) in [5.41, 5.74) is 0. The molecule has 120 valence electrons. The topological polar surface area (TPSA) is 69.6 Å². The number of nitrogens with zero attached hydrogens (tertiary/aromatic N) is 1. The first-order valence-corrected chi connectivity index (χ1v) is 8.38. The van der Waals surface area contributed by atoms with Crippen molar-refractivity contribution in [3.63, 3.8) is 0 Å². The normalized spacial score (nSPS) is 23.1. The maximum atomic E-state index is 12.3. The Labute approximate surface area is 127 Å². The smallest absolute Gasteiger partial charge is 0.242 e. The summed E-state index contributed by atoms with van der Waals surface area (Å²) >= 11 is 0. The van der Waals surface area contributed by atoms with Gasteiger partial charge in [0.1, 0.15) is 6.04 Å². The molecule has 1 heterocycles. The lowest BCUT2D eigenvalue weighted by atomic mass is 9.85. The number of hydrogen-bond donors (Lipinski definition) is 2. The van der Waals surface area contributed by atoms with Crippen LogP contribution in [0.3, 0.4) is 0 Å². The Balaban J connectivity index is 1.80. The highest BCUT2D eigenvalue weighted by Gasteiger charge is 2.32. The number of rotatable bonds is 6. The van der Waals surface area contributed by atoms with Crippen LogP contribution < -0.4 is 5.32 Å². The van der Waals surface area contributed by atoms with Gasteiger partial charge in [-0.1, -0.05) is 26.2 Å². The molecule has 0 radical (unpaired) electrons. The van der Waals surface area contributed by atoms with Gasteiger partial charge in [-0.2, -0.15) is 0 Å². The van der Waals surface area contributed by atoms with E-state index in [-0.39, 0.29) is 17.9 Å². The van der Waals surface area contributed by atoms with Crippen molar-refractivity contribution in [3.05, 3.63) is 0 Å². The van der Waals surface area contributed by atoms with Gasteiger partial charge in [-0.25, -0.2) is 0 Å². The van der Waals surface area contributed by atoms with Crippen molar-refractivity contribution in [2.24, 2.45) is 5.92 Å². The number of likely N-dealkylation sites (tertiary alicyclic amines) is 1. The van der Waals surface area contributed by atoms with E-state index in [1.165, 1.54) is 19.3 Å². The third-order valence-electron chi connectivity index (χ3n) is 4.85. The van der Waals surface area contributed by atoms with Gasteiger partial charge in [-0.05, 0) is 31.6 Å². The van der Waals surface area contributed by atoms with Gasteiger partial charge in [-0.15, -0.1) is 0 Å². The first kappa shape index (κ1) is 16.3. The Kier molecular flexibility index (Phi) is 6.03. The summed E-state index contributed by atoms with van der Waals surface area (Å²) in [7, 11) is 0. The van der Waals surface area contributed by atoms with Crippen LogP contribution in [0.5, 0.6) is 0 Å². The van der Waals surface area contributed by atoms with Gasteiger partial charge in [0.15, 0.2) is 0 Å². The second kappa shape index (κ2) is 7.78. The summed E-state index contributed by atoms with van der Waals surface area (Å²) in [6, 6.07) is -0.376. The fourth-order valence-electron chi connectivity index (χ4n) is 3.55. The minimum atomic E-state index is -0.457. The zero-order valence-electron chi connectivity index (χ0n) is 13.0. The van der Waals surface area contributed by atoms with Crippen molar-refractivity contribution in [2.75, 3.05) is 13.1 Å². The van der Waals surface area contributed by atoms with Crippen molar-refractivity contribution >= 4 is 11.8 Å². The van der Waals surface area contributed by atoms with Gasteiger partial charge in [0, 0.05) is 19.5 Å². The summed E-state index contributed by atoms with van der Waals surface area (Å²) in [5, 5.41) is 13.0. The van der Waals surface area contributed by atoms with Crippen LogP contribution in [0.4, 0.5) is 0 Å². The van der Waals surface area contributed by atoms with E-state index >= 15 is 0 Å². The van der Waals surface area contributed by atoms with Crippen LogP contribution in [0.25, 0.3) is 0 Å². The maximum Gasteiger partial charge on any atom is 0.242 e. The Bertz CT molecular complexity index is 367. The molecule has 2 amide bonds. The molecule has 2 unspecified atom stereocenters. The molecule has 5 heteroatoms. The van der Waals surface area contributed by atoms with Crippen molar-refractivity contribution < 1.29 is 14.7 Å². The molecule has 2 aliphatic rings. The Morgan fingerprint density at radius 3 is 2.62 bits per heavy atom. The van der Waals surface area contributed by atoms with Crippen molar-refractivity contribution in [3.8, 4) is 0 Å². The largest absolute Gasteiger partial charge is 0.391 e. The summed E-state index contributed by atoms with van der Waals surface area (Å²) in [6.07, 6.45) is 7.27. The monoisotopic (exact) mass is 296 g/mol. The lowest BCUT2D eigenvalue weighted by molar-refractivity contribution is -0.137. The molecule has 1 saturated carbocycles. The van der Waals surface area contributed by atoms with E-state index in [1.807, 2.05) is 6.92 Å². The van der Waals surface area contributed by atoms with Gasteiger partial charge in [0.2, 0.25) is 11.8 Å². The summed E-state index contributed by atoms with van der Waals surface area (Å²) in [5.74, 6) is 0.264. The molecule has 0 bridgehead atoms. The molecule has 0 aromatic rings. The lowest BCUT2D eigenvalue weighted by Crippen LogP contribution is -2.49. The van der Waals surface area contributed by atoms with Gasteiger partial charge in [-0.3, -0.25) is 9.59 Å². The molecule has 1 aliphatic heterocycles. The second-order valence-corrected chi connectivity index (χ2v) is 6.33. The Morgan fingerprint density at radius 2 is 2.05 bits per heavy atom. The maximum absolute atomic E-state index is 12.3. The average Bonchev–Trinajstić information content (AvgIpc) is 2.92. The second-order valence-electron chi connectivity index (χ2n) is 6.33. The summed E-state index contributed by atoms with van der Waals surface area (Å²) < 4.78 is 0. The van der Waals surface area contributed by atoms with E-state index < -0.39 is 6.10 Å². The molecule has 5 nitrogen and oxygen atoms in total. The number of carbonyl (C=O) groups excluding carboxylic acids is 2. The first-order valence-electron chi connectivity index (χ1n) is 8.38. The van der Waals surface area contributed by atoms with Gasteiger partial charge in [0.25, 0.3) is 0 Å². The van der Waals surface area contributed by atoms with E-state index in [4.69, 9.17) is 0 Å². The minimum Gasteiger partial charge on any atom is -0.391 e. The number of aliphatic hydroxyl groups is 1. The molecule has 0 spiro atoms. The molecule has 2 rings (SSSR count). The van der Waals surface area contributed by atoms with E-state index in [1.54, 1.807) is 4.90 Å². The molecule has 2 atom stereocenters. The highest BCUT2D eigenvalue weighted by molar-refractivity contribution is 5.88. The SMILES string of the molecule is CCC(C(=O)NCC(O)C1CCCCC1)N1CCCC1=O. The number of hydrogen-bond acceptors (Lipinski definition) is 3. The third kappa shape index (κ3) is 4.19. The van der Waals surface area contributed by atoms with Crippen LogP contribution in [-0.4, -0.2) is 47.1 Å². The van der Waals surface area contributed by atoms with E-state index in [0.29, 0.717) is 31.8 Å². The van der Waals surface area contributed by atoms with Crippen LogP contribution in [0.1, 0.15) is 58.3 Å². The van der Waals surface area contributed by atoms with Crippen molar-refractivity contribution in [2.45, 2.75) is 70.4 Å². The zero-order valence-corrected chi connectivity index (χ0v) is 13.0. The molecule has 0 aromatic carbocycles. The number of nitrogens with one attached hydrogen (secondary N) is 1. The van der Waals surface area contributed by atoms with E-state index in [9.17, 15) is 14.7 Å². The van der Waals surface area contributed by atoms with Crippen molar-refractivity contribution in [1.29, 1.82) is 0 Å². The van der Waals surface area contributed by atoms with Crippen molar-refractivity contribution in [1.82, 2.24) is 10.2 Å². The molecule has 21 heavy (non-hydrogen) atoms.